The Morgan fingerprint density at radius 1 is 1.33 bits per heavy atom. The van der Waals surface area contributed by atoms with Gasteiger partial charge in [-0.1, -0.05) is 33.8 Å². The molecule has 0 aromatic heterocycles. The lowest BCUT2D eigenvalue weighted by Crippen LogP contribution is -2.17. The van der Waals surface area contributed by atoms with Crippen LogP contribution in [0.25, 0.3) is 0 Å². The molecule has 15 heavy (non-hydrogen) atoms. The lowest BCUT2D eigenvalue weighted by atomic mass is 9.79. The number of aryl methyl sites for hydroxylation is 1. The molecule has 0 aliphatic rings. The van der Waals surface area contributed by atoms with Crippen molar-refractivity contribution in [3.05, 3.63) is 36.2 Å². The molecule has 0 unspecified atom stereocenters. The second kappa shape index (κ2) is 4.69. The van der Waals surface area contributed by atoms with Crippen LogP contribution in [0.1, 0.15) is 44.7 Å². The van der Waals surface area contributed by atoms with Gasteiger partial charge >= 0.3 is 0 Å². The first kappa shape index (κ1) is 12.1. The summed E-state index contributed by atoms with van der Waals surface area (Å²) in [5.41, 5.74) is 2.70. The van der Waals surface area contributed by atoms with Crippen molar-refractivity contribution in [2.75, 3.05) is 0 Å². The van der Waals surface area contributed by atoms with Crippen LogP contribution in [-0.2, 0) is 11.8 Å². The average molecular weight is 205 g/mol. The van der Waals surface area contributed by atoms with Crippen LogP contribution < -0.4 is 0 Å². The molecule has 0 bridgehead atoms. The predicted octanol–water partition coefficient (Wildman–Crippen LogP) is 3.85. The third-order valence-corrected chi connectivity index (χ3v) is 3.15. The molecule has 83 valence electrons. The summed E-state index contributed by atoms with van der Waals surface area (Å²) < 4.78 is 0. The summed E-state index contributed by atoms with van der Waals surface area (Å²) in [6.45, 7) is 10.5. The van der Waals surface area contributed by atoms with Gasteiger partial charge in [-0.2, -0.15) is 0 Å². The Morgan fingerprint density at radius 2 is 2.00 bits per heavy atom. The molecule has 0 saturated carbocycles. The fourth-order valence-electron chi connectivity index (χ4n) is 1.79. The van der Waals surface area contributed by atoms with E-state index < -0.39 is 0 Å². The van der Waals surface area contributed by atoms with E-state index in [-0.39, 0.29) is 5.41 Å². The summed E-state index contributed by atoms with van der Waals surface area (Å²) in [7, 11) is 0. The summed E-state index contributed by atoms with van der Waals surface area (Å²) in [6, 6.07) is 5.68. The van der Waals surface area contributed by atoms with Crippen molar-refractivity contribution in [1.29, 1.82) is 0 Å². The average Bonchev–Trinajstić information content (AvgIpc) is 2.21. The topological polar surface area (TPSA) is 20.2 Å². The molecule has 0 aliphatic heterocycles. The first-order chi connectivity index (χ1) is 7.01. The second-order valence-electron chi connectivity index (χ2n) is 4.68. The normalized spacial score (nSPS) is 11.7. The molecule has 0 amide bonds. The van der Waals surface area contributed by atoms with E-state index in [1.165, 1.54) is 11.1 Å². The largest absolute Gasteiger partial charge is 0.508 e. The van der Waals surface area contributed by atoms with Crippen LogP contribution in [0.5, 0.6) is 5.75 Å². The van der Waals surface area contributed by atoms with Gasteiger partial charge in [-0.15, -0.1) is 0 Å². The Hall–Kier alpha value is -0.980. The lowest BCUT2D eigenvalue weighted by Gasteiger charge is -2.26. The molecular formula is C14H21O. The van der Waals surface area contributed by atoms with Crippen LogP contribution in [0.4, 0.5) is 0 Å². The van der Waals surface area contributed by atoms with Crippen molar-refractivity contribution in [3.8, 4) is 5.75 Å². The van der Waals surface area contributed by atoms with Gasteiger partial charge in [0.15, 0.2) is 0 Å². The number of hydrogen-bond acceptors (Lipinski definition) is 1. The Balaban J connectivity index is 3.17. The second-order valence-corrected chi connectivity index (χ2v) is 4.68. The molecule has 0 saturated heterocycles. The molecule has 0 heterocycles. The van der Waals surface area contributed by atoms with E-state index in [0.717, 1.165) is 19.3 Å². The summed E-state index contributed by atoms with van der Waals surface area (Å²) in [4.78, 5) is 0. The number of benzene rings is 1. The highest BCUT2D eigenvalue weighted by Crippen LogP contribution is 2.32. The third-order valence-electron chi connectivity index (χ3n) is 3.15. The van der Waals surface area contributed by atoms with E-state index in [9.17, 15) is 5.11 Å². The van der Waals surface area contributed by atoms with E-state index in [1.54, 1.807) is 6.07 Å². The van der Waals surface area contributed by atoms with Gasteiger partial charge in [0.05, 0.1) is 0 Å². The molecule has 0 fully saturated rings. The molecule has 1 radical (unpaired) electrons. The van der Waals surface area contributed by atoms with Crippen LogP contribution in [0.15, 0.2) is 18.2 Å². The lowest BCUT2D eigenvalue weighted by molar-refractivity contribution is 0.462. The van der Waals surface area contributed by atoms with Crippen molar-refractivity contribution in [2.45, 2.75) is 45.4 Å². The Morgan fingerprint density at radius 3 is 2.53 bits per heavy atom. The summed E-state index contributed by atoms with van der Waals surface area (Å²) in [5, 5.41) is 9.55. The first-order valence-electron chi connectivity index (χ1n) is 5.63. The number of phenols is 1. The summed E-state index contributed by atoms with van der Waals surface area (Å²) in [5.74, 6) is 0.360. The molecule has 1 aromatic carbocycles. The van der Waals surface area contributed by atoms with Gasteiger partial charge in [-0.3, -0.25) is 0 Å². The SMILES string of the molecule is [CH2]CCc1ccc(O)cc1C(C)(C)CC. The van der Waals surface area contributed by atoms with Crippen molar-refractivity contribution in [2.24, 2.45) is 0 Å². The Labute approximate surface area is 93.1 Å². The molecule has 1 aromatic rings. The highest BCUT2D eigenvalue weighted by atomic mass is 16.3. The molecular weight excluding hydrogens is 184 g/mol. The van der Waals surface area contributed by atoms with Gasteiger partial charge in [-0.05, 0) is 47.9 Å². The van der Waals surface area contributed by atoms with E-state index in [1.807, 2.05) is 12.1 Å². The zero-order valence-corrected chi connectivity index (χ0v) is 10.0. The quantitative estimate of drug-likeness (QED) is 0.791. The van der Waals surface area contributed by atoms with Crippen LogP contribution in [0.3, 0.4) is 0 Å². The van der Waals surface area contributed by atoms with E-state index in [4.69, 9.17) is 0 Å². The Bertz CT molecular complexity index is 326. The van der Waals surface area contributed by atoms with Gasteiger partial charge in [0.25, 0.3) is 0 Å². The number of aromatic hydroxyl groups is 1. The minimum Gasteiger partial charge on any atom is -0.508 e. The van der Waals surface area contributed by atoms with Crippen LogP contribution in [0, 0.1) is 6.92 Å². The fourth-order valence-corrected chi connectivity index (χ4v) is 1.79. The van der Waals surface area contributed by atoms with Crippen LogP contribution >= 0.6 is 0 Å². The standard InChI is InChI=1S/C14H21O/c1-5-7-11-8-9-12(15)10-13(11)14(3,4)6-2/h8-10,15H,1,5-7H2,2-4H3. The number of phenolic OH excluding ortho intramolecular Hbond substituents is 1. The number of hydrogen-bond donors (Lipinski definition) is 1. The van der Waals surface area contributed by atoms with Crippen LogP contribution in [-0.4, -0.2) is 5.11 Å². The maximum absolute atomic E-state index is 9.55. The van der Waals surface area contributed by atoms with Gasteiger partial charge in [0.1, 0.15) is 5.75 Å². The van der Waals surface area contributed by atoms with E-state index >= 15 is 0 Å². The monoisotopic (exact) mass is 205 g/mol. The molecule has 1 N–H and O–H groups in total. The van der Waals surface area contributed by atoms with Crippen molar-refractivity contribution >= 4 is 0 Å². The van der Waals surface area contributed by atoms with Gasteiger partial charge in [0.2, 0.25) is 0 Å². The first-order valence-corrected chi connectivity index (χ1v) is 5.63. The zero-order chi connectivity index (χ0) is 11.5. The molecule has 1 rings (SSSR count). The third kappa shape index (κ3) is 2.74. The van der Waals surface area contributed by atoms with Crippen molar-refractivity contribution in [1.82, 2.24) is 0 Å². The van der Waals surface area contributed by atoms with Gasteiger partial charge < -0.3 is 5.11 Å². The zero-order valence-electron chi connectivity index (χ0n) is 10.0. The molecule has 1 nitrogen and oxygen atoms in total. The molecule has 0 atom stereocenters. The molecule has 0 spiro atoms. The minimum absolute atomic E-state index is 0.128. The summed E-state index contributed by atoms with van der Waals surface area (Å²) >= 11 is 0. The van der Waals surface area contributed by atoms with Gasteiger partial charge in [-0.25, -0.2) is 0 Å². The van der Waals surface area contributed by atoms with E-state index in [2.05, 4.69) is 27.7 Å². The Kier molecular flexibility index (Phi) is 3.78. The van der Waals surface area contributed by atoms with Crippen molar-refractivity contribution in [3.63, 3.8) is 0 Å². The smallest absolute Gasteiger partial charge is 0.115 e. The van der Waals surface area contributed by atoms with Gasteiger partial charge in [0, 0.05) is 0 Å². The highest BCUT2D eigenvalue weighted by molar-refractivity contribution is 5.39. The highest BCUT2D eigenvalue weighted by Gasteiger charge is 2.21. The van der Waals surface area contributed by atoms with Crippen LogP contribution in [0.2, 0.25) is 0 Å². The predicted molar refractivity (Wildman–Crippen MR) is 65.1 cm³/mol. The fraction of sp³-hybridized carbons (Fsp3) is 0.500. The molecule has 1 heteroatoms. The molecule has 0 aliphatic carbocycles. The minimum atomic E-state index is 0.128. The van der Waals surface area contributed by atoms with E-state index in [0.29, 0.717) is 5.75 Å². The van der Waals surface area contributed by atoms with Crippen molar-refractivity contribution < 1.29 is 5.11 Å². The number of rotatable bonds is 4. The maximum Gasteiger partial charge on any atom is 0.115 e. The summed E-state index contributed by atoms with van der Waals surface area (Å²) in [6.07, 6.45) is 2.96. The maximum atomic E-state index is 9.55.